The molecule has 1 unspecified atom stereocenters. The van der Waals surface area contributed by atoms with Crippen LogP contribution >= 0.6 is 0 Å². The van der Waals surface area contributed by atoms with Crippen LogP contribution in [0.15, 0.2) is 41.4 Å². The molecule has 3 aromatic rings. The van der Waals surface area contributed by atoms with Crippen molar-refractivity contribution in [2.24, 2.45) is 4.99 Å². The number of aromatic nitrogens is 1. The van der Waals surface area contributed by atoms with Gasteiger partial charge in [0.05, 0.1) is 28.9 Å². The molecule has 0 fully saturated rings. The third kappa shape index (κ3) is 4.56. The molecule has 1 heterocycles. The van der Waals surface area contributed by atoms with Gasteiger partial charge in [-0.05, 0) is 36.8 Å². The van der Waals surface area contributed by atoms with Crippen LogP contribution in [-0.4, -0.2) is 36.1 Å². The lowest BCUT2D eigenvalue weighted by Gasteiger charge is -2.21. The molecule has 0 saturated carbocycles. The molecule has 0 bridgehead atoms. The Labute approximate surface area is 170 Å². The summed E-state index contributed by atoms with van der Waals surface area (Å²) in [7, 11) is 1.48. The highest BCUT2D eigenvalue weighted by molar-refractivity contribution is 6.02. The van der Waals surface area contributed by atoms with Gasteiger partial charge in [0.1, 0.15) is 5.82 Å². The highest BCUT2D eigenvalue weighted by Crippen LogP contribution is 2.38. The van der Waals surface area contributed by atoms with Crippen LogP contribution in [0.25, 0.3) is 10.9 Å². The summed E-state index contributed by atoms with van der Waals surface area (Å²) in [6.07, 6.45) is -2.88. The summed E-state index contributed by atoms with van der Waals surface area (Å²) in [5, 5.41) is 13.0. The van der Waals surface area contributed by atoms with E-state index in [2.05, 4.69) is 15.3 Å². The van der Waals surface area contributed by atoms with Crippen molar-refractivity contribution in [3.05, 3.63) is 53.3 Å². The number of aromatic hydroxyl groups is 1. The Balaban J connectivity index is 1.97. The number of nitrogens with one attached hydrogen (secondary N) is 2. The largest absolute Gasteiger partial charge is 0.494 e. The second-order valence-electron chi connectivity index (χ2n) is 6.74. The second kappa shape index (κ2) is 8.74. The number of halogens is 4. The number of rotatable bonds is 7. The first-order valence-electron chi connectivity index (χ1n) is 9.24. The van der Waals surface area contributed by atoms with Crippen LogP contribution in [-0.2, 0) is 10.9 Å². The lowest BCUT2D eigenvalue weighted by atomic mass is 10.1. The number of hydrogen-bond donors (Lipinski definition) is 3. The van der Waals surface area contributed by atoms with E-state index in [1.807, 2.05) is 6.92 Å². The van der Waals surface area contributed by atoms with Gasteiger partial charge in [-0.2, -0.15) is 13.2 Å². The lowest BCUT2D eigenvalue weighted by Crippen LogP contribution is -2.25. The van der Waals surface area contributed by atoms with Crippen LogP contribution in [0.5, 0.6) is 5.88 Å². The van der Waals surface area contributed by atoms with Crippen molar-refractivity contribution in [3.8, 4) is 5.88 Å². The van der Waals surface area contributed by atoms with Crippen molar-refractivity contribution in [3.63, 3.8) is 0 Å². The average Bonchev–Trinajstić information content (AvgIpc) is 3.02. The number of aromatic amines is 1. The van der Waals surface area contributed by atoms with Crippen molar-refractivity contribution < 1.29 is 27.4 Å². The van der Waals surface area contributed by atoms with Gasteiger partial charge in [0.15, 0.2) is 5.88 Å². The molecule has 0 aliphatic rings. The minimum atomic E-state index is -4.60. The first-order chi connectivity index (χ1) is 14.2. The average molecular weight is 423 g/mol. The molecule has 160 valence electrons. The third-order valence-electron chi connectivity index (χ3n) is 4.66. The van der Waals surface area contributed by atoms with Crippen molar-refractivity contribution in [2.45, 2.75) is 25.6 Å². The molecule has 0 aliphatic carbocycles. The Bertz CT molecular complexity index is 1060. The summed E-state index contributed by atoms with van der Waals surface area (Å²) < 4.78 is 59.9. The number of alkyl halides is 3. The summed E-state index contributed by atoms with van der Waals surface area (Å²) in [5.41, 5.74) is -0.525. The van der Waals surface area contributed by atoms with E-state index in [0.717, 1.165) is 12.3 Å². The smallest absolute Gasteiger partial charge is 0.418 e. The predicted octanol–water partition coefficient (Wildman–Crippen LogP) is 5.62. The highest BCUT2D eigenvalue weighted by Gasteiger charge is 2.34. The van der Waals surface area contributed by atoms with Crippen molar-refractivity contribution in [1.29, 1.82) is 0 Å². The molecular weight excluding hydrogens is 402 g/mol. The Kier molecular flexibility index (Phi) is 6.31. The minimum absolute atomic E-state index is 0.0118. The summed E-state index contributed by atoms with van der Waals surface area (Å²) in [4.78, 5) is 6.64. The van der Waals surface area contributed by atoms with E-state index in [9.17, 15) is 22.7 Å². The van der Waals surface area contributed by atoms with Crippen LogP contribution in [0.2, 0.25) is 0 Å². The maximum atomic E-state index is 14.1. The van der Waals surface area contributed by atoms with Gasteiger partial charge < -0.3 is 20.1 Å². The Morgan fingerprint density at radius 3 is 2.70 bits per heavy atom. The molecule has 0 aliphatic heterocycles. The van der Waals surface area contributed by atoms with Crippen molar-refractivity contribution in [1.82, 2.24) is 4.98 Å². The fourth-order valence-corrected chi connectivity index (χ4v) is 3.14. The number of ether oxygens (including phenoxy) is 1. The van der Waals surface area contributed by atoms with Crippen LogP contribution in [0.1, 0.15) is 24.5 Å². The van der Waals surface area contributed by atoms with E-state index in [1.165, 1.54) is 31.4 Å². The van der Waals surface area contributed by atoms with Gasteiger partial charge in [0, 0.05) is 30.4 Å². The summed E-state index contributed by atoms with van der Waals surface area (Å²) >= 11 is 0. The number of methoxy groups -OCH3 is 1. The molecule has 30 heavy (non-hydrogen) atoms. The van der Waals surface area contributed by atoms with E-state index < -0.39 is 17.6 Å². The first-order valence-corrected chi connectivity index (χ1v) is 9.24. The SMILES string of the molecule is CCC(COC)Nc1ccc(N=Cc2c(O)[nH]c3cccc(F)c23)cc1C(F)(F)F. The van der Waals surface area contributed by atoms with Crippen LogP contribution < -0.4 is 5.32 Å². The predicted molar refractivity (Wildman–Crippen MR) is 108 cm³/mol. The van der Waals surface area contributed by atoms with Gasteiger partial charge >= 0.3 is 6.18 Å². The molecule has 0 radical (unpaired) electrons. The number of benzene rings is 2. The van der Waals surface area contributed by atoms with Gasteiger partial charge in [-0.3, -0.25) is 4.99 Å². The van der Waals surface area contributed by atoms with Crippen molar-refractivity contribution >= 4 is 28.5 Å². The molecule has 2 aromatic carbocycles. The normalized spacial score (nSPS) is 13.3. The minimum Gasteiger partial charge on any atom is -0.494 e. The number of hydrogen-bond acceptors (Lipinski definition) is 4. The van der Waals surface area contributed by atoms with Gasteiger partial charge in [0.25, 0.3) is 0 Å². The molecule has 9 heteroatoms. The summed E-state index contributed by atoms with van der Waals surface area (Å²) in [6, 6.07) is 7.60. The standard InChI is InChI=1S/C21H21F4N3O2/c1-3-12(11-30-2)27-17-8-7-13(9-15(17)21(23,24)25)26-10-14-19-16(22)5-4-6-18(19)28-20(14)29/h4-10,12,27-29H,3,11H2,1-2H3. The summed E-state index contributed by atoms with van der Waals surface area (Å²) in [5.74, 6) is -0.900. The molecular formula is C21H21F4N3O2. The van der Waals surface area contributed by atoms with Crippen LogP contribution in [0.4, 0.5) is 28.9 Å². The quantitative estimate of drug-likeness (QED) is 0.341. The molecule has 3 N–H and O–H groups in total. The zero-order valence-electron chi connectivity index (χ0n) is 16.3. The van der Waals surface area contributed by atoms with Gasteiger partial charge in [-0.1, -0.05) is 13.0 Å². The maximum Gasteiger partial charge on any atom is 0.418 e. The fraction of sp³-hybridized carbons (Fsp3) is 0.286. The monoisotopic (exact) mass is 423 g/mol. The Morgan fingerprint density at radius 2 is 2.03 bits per heavy atom. The molecule has 0 amide bonds. The number of fused-ring (bicyclic) bond motifs is 1. The van der Waals surface area contributed by atoms with Gasteiger partial charge in [0.2, 0.25) is 0 Å². The zero-order chi connectivity index (χ0) is 21.9. The summed E-state index contributed by atoms with van der Waals surface area (Å²) in [6.45, 7) is 2.11. The number of anilines is 1. The van der Waals surface area contributed by atoms with E-state index in [1.54, 1.807) is 6.07 Å². The van der Waals surface area contributed by atoms with Crippen LogP contribution in [0.3, 0.4) is 0 Å². The lowest BCUT2D eigenvalue weighted by molar-refractivity contribution is -0.136. The molecule has 3 rings (SSSR count). The van der Waals surface area contributed by atoms with Crippen LogP contribution in [0, 0.1) is 5.82 Å². The fourth-order valence-electron chi connectivity index (χ4n) is 3.14. The zero-order valence-corrected chi connectivity index (χ0v) is 16.3. The van der Waals surface area contributed by atoms with E-state index in [0.29, 0.717) is 11.9 Å². The Morgan fingerprint density at radius 1 is 1.27 bits per heavy atom. The first kappa shape index (κ1) is 21.6. The molecule has 1 atom stereocenters. The second-order valence-corrected chi connectivity index (χ2v) is 6.74. The topological polar surface area (TPSA) is 69.6 Å². The van der Waals surface area contributed by atoms with Gasteiger partial charge in [-0.25, -0.2) is 4.39 Å². The molecule has 0 spiro atoms. The van der Waals surface area contributed by atoms with E-state index in [-0.39, 0.29) is 40.9 Å². The maximum absolute atomic E-state index is 14.1. The highest BCUT2D eigenvalue weighted by atomic mass is 19.4. The van der Waals surface area contributed by atoms with E-state index >= 15 is 0 Å². The molecule has 0 saturated heterocycles. The van der Waals surface area contributed by atoms with Gasteiger partial charge in [-0.15, -0.1) is 0 Å². The number of aliphatic imine (C=N–C) groups is 1. The molecule has 1 aromatic heterocycles. The van der Waals surface area contributed by atoms with Crippen molar-refractivity contribution in [2.75, 3.05) is 19.0 Å². The number of nitrogens with zero attached hydrogens (tertiary/aromatic N) is 1. The number of H-pyrrole nitrogens is 1. The molecule has 5 nitrogen and oxygen atoms in total. The Hall–Kier alpha value is -3.07. The van der Waals surface area contributed by atoms with E-state index in [4.69, 9.17) is 4.74 Å². The third-order valence-corrected chi connectivity index (χ3v) is 4.66.